The number of aliphatic imine (C=N–C) groups is 1. The largest absolute Gasteiger partial charge is 0.357 e. The van der Waals surface area contributed by atoms with E-state index in [1.807, 2.05) is 13.0 Å². The highest BCUT2D eigenvalue weighted by atomic mass is 127. The van der Waals surface area contributed by atoms with Crippen LogP contribution in [0.25, 0.3) is 0 Å². The number of rotatable bonds is 8. The van der Waals surface area contributed by atoms with Crippen LogP contribution in [0, 0.1) is 5.92 Å². The molecule has 0 radical (unpaired) electrons. The summed E-state index contributed by atoms with van der Waals surface area (Å²) in [6, 6.07) is 6.59. The Morgan fingerprint density at radius 3 is 2.64 bits per heavy atom. The minimum absolute atomic E-state index is 0. The van der Waals surface area contributed by atoms with Gasteiger partial charge in [-0.15, -0.1) is 24.0 Å². The van der Waals surface area contributed by atoms with Crippen LogP contribution in [-0.2, 0) is 16.6 Å². The molecule has 1 aromatic carbocycles. The number of piperidine rings is 1. The van der Waals surface area contributed by atoms with Gasteiger partial charge in [0, 0.05) is 13.1 Å². The lowest BCUT2D eigenvalue weighted by molar-refractivity contribution is 0.191. The summed E-state index contributed by atoms with van der Waals surface area (Å²) in [5, 5.41) is 11.8. The van der Waals surface area contributed by atoms with E-state index in [1.165, 1.54) is 32.0 Å². The molecule has 1 saturated heterocycles. The molecule has 0 aliphatic carbocycles. The third-order valence-electron chi connectivity index (χ3n) is 4.81. The van der Waals surface area contributed by atoms with Gasteiger partial charge in [-0.25, -0.2) is 18.5 Å². The summed E-state index contributed by atoms with van der Waals surface area (Å²) in [6.45, 7) is 9.89. The smallest absolute Gasteiger partial charge is 0.238 e. The number of nitrogens with two attached hydrogens (primary N) is 1. The molecule has 0 atom stereocenters. The van der Waals surface area contributed by atoms with Gasteiger partial charge in [0.25, 0.3) is 0 Å². The third-order valence-corrected chi connectivity index (χ3v) is 5.72. The van der Waals surface area contributed by atoms with Crippen LogP contribution in [0.4, 0.5) is 0 Å². The van der Waals surface area contributed by atoms with Crippen molar-refractivity contribution in [1.82, 2.24) is 15.5 Å². The third kappa shape index (κ3) is 9.06. The lowest BCUT2D eigenvalue weighted by Crippen LogP contribution is -2.39. The minimum Gasteiger partial charge on any atom is -0.357 e. The Morgan fingerprint density at radius 1 is 1.29 bits per heavy atom. The van der Waals surface area contributed by atoms with Gasteiger partial charge in [-0.1, -0.05) is 19.1 Å². The average Bonchev–Trinajstić information content (AvgIpc) is 2.64. The Bertz CT molecular complexity index is 719. The molecule has 1 heterocycles. The molecule has 1 aromatic rings. The average molecular weight is 523 g/mol. The summed E-state index contributed by atoms with van der Waals surface area (Å²) in [5.74, 6) is 1.60. The van der Waals surface area contributed by atoms with Gasteiger partial charge >= 0.3 is 0 Å². The fourth-order valence-electron chi connectivity index (χ4n) is 3.13. The molecule has 4 N–H and O–H groups in total. The first kappa shape index (κ1) is 25.1. The molecule has 1 fully saturated rings. The second-order valence-electron chi connectivity index (χ2n) is 7.19. The van der Waals surface area contributed by atoms with Gasteiger partial charge in [-0.05, 0) is 69.4 Å². The maximum Gasteiger partial charge on any atom is 0.238 e. The molecule has 0 aromatic heterocycles. The van der Waals surface area contributed by atoms with E-state index in [2.05, 4.69) is 27.4 Å². The molecule has 160 valence electrons. The Kier molecular flexibility index (Phi) is 11.3. The lowest BCUT2D eigenvalue weighted by atomic mass is 9.99. The maximum atomic E-state index is 11.5. The number of guanidine groups is 1. The molecular weight excluding hydrogens is 489 g/mol. The van der Waals surface area contributed by atoms with E-state index in [-0.39, 0.29) is 28.9 Å². The first-order valence-electron chi connectivity index (χ1n) is 9.74. The molecule has 1 aliphatic heterocycles. The number of primary sulfonamides is 1. The predicted octanol–water partition coefficient (Wildman–Crippen LogP) is 2.13. The fraction of sp³-hybridized carbons (Fsp3) is 0.632. The van der Waals surface area contributed by atoms with Crippen molar-refractivity contribution in [2.75, 3.05) is 32.7 Å². The van der Waals surface area contributed by atoms with E-state index in [0.717, 1.165) is 43.5 Å². The van der Waals surface area contributed by atoms with E-state index >= 15 is 0 Å². The van der Waals surface area contributed by atoms with Crippen LogP contribution in [-0.4, -0.2) is 52.0 Å². The Hall–Kier alpha value is -0.910. The van der Waals surface area contributed by atoms with Crippen LogP contribution >= 0.6 is 24.0 Å². The molecule has 7 nitrogen and oxygen atoms in total. The summed E-state index contributed by atoms with van der Waals surface area (Å²) >= 11 is 0. The number of hydrogen-bond donors (Lipinski definition) is 3. The van der Waals surface area contributed by atoms with Crippen LogP contribution in [0.5, 0.6) is 0 Å². The summed E-state index contributed by atoms with van der Waals surface area (Å²) in [5.41, 5.74) is 0.807. The van der Waals surface area contributed by atoms with Gasteiger partial charge < -0.3 is 15.5 Å². The quantitative estimate of drug-likeness (QED) is 0.210. The summed E-state index contributed by atoms with van der Waals surface area (Å²) in [6.07, 6.45) is 3.67. The van der Waals surface area contributed by atoms with E-state index < -0.39 is 10.0 Å². The topological polar surface area (TPSA) is 99.8 Å². The number of nitrogens with one attached hydrogen (secondary N) is 2. The van der Waals surface area contributed by atoms with E-state index in [1.54, 1.807) is 12.1 Å². The van der Waals surface area contributed by atoms with Crippen molar-refractivity contribution in [3.8, 4) is 0 Å². The second-order valence-corrected chi connectivity index (χ2v) is 8.75. The van der Waals surface area contributed by atoms with Crippen molar-refractivity contribution in [3.63, 3.8) is 0 Å². The SMILES string of the molecule is CCNC(=NCc1cccc(S(N)(=O)=O)c1)NCCCN1CCC(C)CC1.I. The van der Waals surface area contributed by atoms with Crippen molar-refractivity contribution in [3.05, 3.63) is 29.8 Å². The summed E-state index contributed by atoms with van der Waals surface area (Å²) < 4.78 is 22.9. The monoisotopic (exact) mass is 523 g/mol. The zero-order valence-corrected chi connectivity index (χ0v) is 20.0. The van der Waals surface area contributed by atoms with Crippen LogP contribution in [0.1, 0.15) is 38.7 Å². The maximum absolute atomic E-state index is 11.5. The van der Waals surface area contributed by atoms with Crippen molar-refractivity contribution in [2.24, 2.45) is 16.0 Å². The number of hydrogen-bond acceptors (Lipinski definition) is 4. The van der Waals surface area contributed by atoms with Crippen LogP contribution in [0.2, 0.25) is 0 Å². The number of benzene rings is 1. The minimum atomic E-state index is -3.69. The predicted molar refractivity (Wildman–Crippen MR) is 126 cm³/mol. The van der Waals surface area contributed by atoms with Crippen molar-refractivity contribution < 1.29 is 8.42 Å². The number of nitrogens with zero attached hydrogens (tertiary/aromatic N) is 2. The molecular formula is C19H34IN5O2S. The molecule has 9 heteroatoms. The van der Waals surface area contributed by atoms with Gasteiger partial charge in [0.1, 0.15) is 0 Å². The van der Waals surface area contributed by atoms with Crippen molar-refractivity contribution in [2.45, 2.75) is 44.6 Å². The molecule has 0 unspecified atom stereocenters. The Morgan fingerprint density at radius 2 is 2.00 bits per heavy atom. The number of halogens is 1. The van der Waals surface area contributed by atoms with Gasteiger partial charge in [0.05, 0.1) is 11.4 Å². The molecule has 0 amide bonds. The van der Waals surface area contributed by atoms with Crippen LogP contribution < -0.4 is 15.8 Å². The summed E-state index contributed by atoms with van der Waals surface area (Å²) in [7, 11) is -3.69. The molecule has 0 saturated carbocycles. The van der Waals surface area contributed by atoms with Crippen LogP contribution in [0.15, 0.2) is 34.2 Å². The molecule has 2 rings (SSSR count). The molecule has 28 heavy (non-hydrogen) atoms. The van der Waals surface area contributed by atoms with Crippen LogP contribution in [0.3, 0.4) is 0 Å². The first-order valence-corrected chi connectivity index (χ1v) is 11.3. The molecule has 0 bridgehead atoms. The lowest BCUT2D eigenvalue weighted by Gasteiger charge is -2.30. The van der Waals surface area contributed by atoms with Gasteiger partial charge in [0.2, 0.25) is 10.0 Å². The second kappa shape index (κ2) is 12.6. The van der Waals surface area contributed by atoms with E-state index in [0.29, 0.717) is 6.54 Å². The zero-order valence-electron chi connectivity index (χ0n) is 16.9. The standard InChI is InChI=1S/C19H33N5O2S.HI/c1-3-21-19(22-10-5-11-24-12-8-16(2)9-13-24)23-15-17-6-4-7-18(14-17)27(20,25)26;/h4,6-7,14,16H,3,5,8-13,15H2,1-2H3,(H2,20,25,26)(H2,21,22,23);1H. The highest BCUT2D eigenvalue weighted by Gasteiger charge is 2.14. The number of likely N-dealkylation sites (tertiary alicyclic amines) is 1. The summed E-state index contributed by atoms with van der Waals surface area (Å²) in [4.78, 5) is 7.19. The fourth-order valence-corrected chi connectivity index (χ4v) is 3.71. The van der Waals surface area contributed by atoms with Gasteiger partial charge in [-0.3, -0.25) is 0 Å². The van der Waals surface area contributed by atoms with E-state index in [9.17, 15) is 8.42 Å². The van der Waals surface area contributed by atoms with Gasteiger partial charge in [-0.2, -0.15) is 0 Å². The highest BCUT2D eigenvalue weighted by Crippen LogP contribution is 2.15. The Labute approximate surface area is 186 Å². The normalized spacial score (nSPS) is 16.5. The van der Waals surface area contributed by atoms with Gasteiger partial charge in [0.15, 0.2) is 5.96 Å². The van der Waals surface area contributed by atoms with E-state index in [4.69, 9.17) is 5.14 Å². The highest BCUT2D eigenvalue weighted by molar-refractivity contribution is 14.0. The number of sulfonamides is 1. The molecule has 0 spiro atoms. The zero-order chi connectivity index (χ0) is 19.7. The van der Waals surface area contributed by atoms with Crippen molar-refractivity contribution >= 4 is 40.0 Å². The molecule has 1 aliphatic rings. The first-order chi connectivity index (χ1) is 12.9. The Balaban J connectivity index is 0.00000392. The van der Waals surface area contributed by atoms with Crippen molar-refractivity contribution in [1.29, 1.82) is 0 Å².